The Bertz CT molecular complexity index is 822. The quantitative estimate of drug-likeness (QED) is 0.877. The largest absolute Gasteiger partial charge is 0.489 e. The van der Waals surface area contributed by atoms with Gasteiger partial charge in [-0.2, -0.15) is 0 Å². The zero-order chi connectivity index (χ0) is 17.3. The summed E-state index contributed by atoms with van der Waals surface area (Å²) in [7, 11) is 0. The molecule has 2 atom stereocenters. The number of carbonyl (C=O) groups is 1. The molecule has 1 aromatic heterocycles. The van der Waals surface area contributed by atoms with Crippen LogP contribution in [0, 0.1) is 6.92 Å². The second-order valence-electron chi connectivity index (χ2n) is 5.83. The molecule has 3 rings (SSSR count). The Morgan fingerprint density at radius 3 is 3.00 bits per heavy atom. The number of allylic oxidation sites excluding steroid dienone is 2. The van der Waals surface area contributed by atoms with E-state index in [9.17, 15) is 9.90 Å². The third kappa shape index (κ3) is 3.14. The SMILES string of the molecule is Cc1cc2cc(OCC3=CC=CN(C(C)C(N)=O)C3O)ccc2o1. The highest BCUT2D eigenvalue weighted by Gasteiger charge is 2.27. The smallest absolute Gasteiger partial charge is 0.239 e. The summed E-state index contributed by atoms with van der Waals surface area (Å²) in [5.41, 5.74) is 6.76. The number of benzene rings is 1. The first-order chi connectivity index (χ1) is 11.5. The summed E-state index contributed by atoms with van der Waals surface area (Å²) in [6, 6.07) is 6.90. The number of primary amides is 1. The Kier molecular flexibility index (Phi) is 4.31. The van der Waals surface area contributed by atoms with E-state index < -0.39 is 18.2 Å². The summed E-state index contributed by atoms with van der Waals surface area (Å²) in [4.78, 5) is 12.8. The molecule has 1 aromatic carbocycles. The molecule has 2 unspecified atom stereocenters. The number of furan rings is 1. The predicted molar refractivity (Wildman–Crippen MR) is 90.2 cm³/mol. The molecule has 2 heterocycles. The second kappa shape index (κ2) is 6.41. The lowest BCUT2D eigenvalue weighted by Crippen LogP contribution is -2.47. The van der Waals surface area contributed by atoms with Gasteiger partial charge < -0.3 is 24.9 Å². The van der Waals surface area contributed by atoms with E-state index in [1.807, 2.05) is 31.2 Å². The van der Waals surface area contributed by atoms with Crippen molar-refractivity contribution in [1.82, 2.24) is 4.90 Å². The normalized spacial score (nSPS) is 18.5. The highest BCUT2D eigenvalue weighted by atomic mass is 16.5. The maximum atomic E-state index is 11.3. The molecule has 2 aromatic rings. The molecule has 6 nitrogen and oxygen atoms in total. The van der Waals surface area contributed by atoms with E-state index in [4.69, 9.17) is 14.9 Å². The maximum absolute atomic E-state index is 11.3. The number of aliphatic hydroxyl groups excluding tert-OH is 1. The maximum Gasteiger partial charge on any atom is 0.239 e. The second-order valence-corrected chi connectivity index (χ2v) is 5.83. The van der Waals surface area contributed by atoms with Gasteiger partial charge in [0.2, 0.25) is 5.91 Å². The molecule has 6 heteroatoms. The third-order valence-corrected chi connectivity index (χ3v) is 4.06. The standard InChI is InChI=1S/C18H20N2O4/c1-11-8-14-9-15(5-6-16(14)24-11)23-10-13-4-3-7-20(18(13)22)12(2)17(19)21/h3-9,12,18,22H,10H2,1-2H3,(H2,19,21). The van der Waals surface area contributed by atoms with Crippen molar-refractivity contribution in [3.8, 4) is 5.75 Å². The van der Waals surface area contributed by atoms with Crippen LogP contribution in [0.5, 0.6) is 5.75 Å². The van der Waals surface area contributed by atoms with Crippen molar-refractivity contribution in [2.24, 2.45) is 5.73 Å². The van der Waals surface area contributed by atoms with Crippen molar-refractivity contribution in [2.45, 2.75) is 26.1 Å². The van der Waals surface area contributed by atoms with Crippen LogP contribution in [0.25, 0.3) is 11.0 Å². The number of aryl methyl sites for hydroxylation is 1. The van der Waals surface area contributed by atoms with Crippen molar-refractivity contribution in [3.05, 3.63) is 54.0 Å². The van der Waals surface area contributed by atoms with Crippen LogP contribution in [0.4, 0.5) is 0 Å². The van der Waals surface area contributed by atoms with Crippen LogP contribution < -0.4 is 10.5 Å². The van der Waals surface area contributed by atoms with Gasteiger partial charge in [0.25, 0.3) is 0 Å². The molecule has 3 N–H and O–H groups in total. The fourth-order valence-corrected chi connectivity index (χ4v) is 2.65. The van der Waals surface area contributed by atoms with Crippen LogP contribution >= 0.6 is 0 Å². The average molecular weight is 328 g/mol. The van der Waals surface area contributed by atoms with Gasteiger partial charge in [-0.05, 0) is 44.2 Å². The average Bonchev–Trinajstić information content (AvgIpc) is 2.92. The Labute approximate surface area is 139 Å². The molecule has 126 valence electrons. The number of ether oxygens (including phenoxy) is 1. The topological polar surface area (TPSA) is 88.9 Å². The molecule has 0 radical (unpaired) electrons. The van der Waals surface area contributed by atoms with Crippen LogP contribution in [0.15, 0.2) is 52.6 Å². The van der Waals surface area contributed by atoms with Gasteiger partial charge in [0.05, 0.1) is 0 Å². The van der Waals surface area contributed by atoms with Gasteiger partial charge in [0, 0.05) is 17.2 Å². The molecule has 0 fully saturated rings. The van der Waals surface area contributed by atoms with Gasteiger partial charge in [-0.1, -0.05) is 6.08 Å². The van der Waals surface area contributed by atoms with E-state index in [0.29, 0.717) is 11.3 Å². The molecular weight excluding hydrogens is 308 g/mol. The van der Waals surface area contributed by atoms with Crippen molar-refractivity contribution in [3.63, 3.8) is 0 Å². The number of hydrogen-bond acceptors (Lipinski definition) is 5. The summed E-state index contributed by atoms with van der Waals surface area (Å²) < 4.78 is 11.3. The summed E-state index contributed by atoms with van der Waals surface area (Å²) >= 11 is 0. The molecule has 0 aliphatic carbocycles. The first-order valence-electron chi connectivity index (χ1n) is 7.71. The van der Waals surface area contributed by atoms with Crippen LogP contribution in [-0.2, 0) is 4.79 Å². The lowest BCUT2D eigenvalue weighted by Gasteiger charge is -2.33. The number of amides is 1. The number of carbonyl (C=O) groups excluding carboxylic acids is 1. The van der Waals surface area contributed by atoms with E-state index in [-0.39, 0.29) is 6.61 Å². The van der Waals surface area contributed by atoms with E-state index in [1.54, 1.807) is 25.3 Å². The fourth-order valence-electron chi connectivity index (χ4n) is 2.65. The van der Waals surface area contributed by atoms with Crippen LogP contribution in [0.3, 0.4) is 0 Å². The van der Waals surface area contributed by atoms with Gasteiger partial charge in [-0.15, -0.1) is 0 Å². The summed E-state index contributed by atoms with van der Waals surface area (Å²) in [6.45, 7) is 3.75. The predicted octanol–water partition coefficient (Wildman–Crippen LogP) is 2.07. The fraction of sp³-hybridized carbons (Fsp3) is 0.278. The zero-order valence-corrected chi connectivity index (χ0v) is 13.6. The summed E-state index contributed by atoms with van der Waals surface area (Å²) in [5.74, 6) is 1.02. The highest BCUT2D eigenvalue weighted by Crippen LogP contribution is 2.25. The van der Waals surface area contributed by atoms with Crippen LogP contribution in [-0.4, -0.2) is 34.8 Å². The third-order valence-electron chi connectivity index (χ3n) is 4.06. The van der Waals surface area contributed by atoms with Gasteiger partial charge in [0.15, 0.2) is 6.23 Å². The Morgan fingerprint density at radius 2 is 2.25 bits per heavy atom. The molecule has 0 saturated heterocycles. The molecule has 1 aliphatic heterocycles. The van der Waals surface area contributed by atoms with E-state index in [0.717, 1.165) is 16.7 Å². The molecule has 1 amide bonds. The molecule has 0 spiro atoms. The van der Waals surface area contributed by atoms with E-state index in [2.05, 4.69) is 0 Å². The number of hydrogen-bond donors (Lipinski definition) is 2. The van der Waals surface area contributed by atoms with Crippen molar-refractivity contribution < 1.29 is 19.1 Å². The number of aliphatic hydroxyl groups is 1. The van der Waals surface area contributed by atoms with Gasteiger partial charge >= 0.3 is 0 Å². The van der Waals surface area contributed by atoms with Crippen molar-refractivity contribution >= 4 is 16.9 Å². The Hall–Kier alpha value is -2.73. The summed E-state index contributed by atoms with van der Waals surface area (Å²) in [6.07, 6.45) is 4.23. The lowest BCUT2D eigenvalue weighted by molar-refractivity contribution is -0.124. The van der Waals surface area contributed by atoms with Crippen LogP contribution in [0.1, 0.15) is 12.7 Å². The number of rotatable bonds is 5. The molecule has 24 heavy (non-hydrogen) atoms. The summed E-state index contributed by atoms with van der Waals surface area (Å²) in [5, 5.41) is 11.4. The first kappa shape index (κ1) is 16.1. The van der Waals surface area contributed by atoms with E-state index >= 15 is 0 Å². The van der Waals surface area contributed by atoms with E-state index in [1.165, 1.54) is 4.90 Å². The van der Waals surface area contributed by atoms with Gasteiger partial charge in [0.1, 0.15) is 29.7 Å². The van der Waals surface area contributed by atoms with Crippen LogP contribution in [0.2, 0.25) is 0 Å². The zero-order valence-electron chi connectivity index (χ0n) is 13.6. The van der Waals surface area contributed by atoms with Crippen molar-refractivity contribution in [1.29, 1.82) is 0 Å². The minimum Gasteiger partial charge on any atom is -0.489 e. The van der Waals surface area contributed by atoms with Crippen molar-refractivity contribution in [2.75, 3.05) is 6.61 Å². The number of nitrogens with zero attached hydrogens (tertiary/aromatic N) is 1. The minimum atomic E-state index is -0.947. The highest BCUT2D eigenvalue weighted by molar-refractivity contribution is 5.80. The number of fused-ring (bicyclic) bond motifs is 1. The molecule has 0 bridgehead atoms. The Balaban J connectivity index is 1.69. The van der Waals surface area contributed by atoms with Gasteiger partial charge in [-0.3, -0.25) is 4.79 Å². The molecular formula is C18H20N2O4. The lowest BCUT2D eigenvalue weighted by atomic mass is 10.1. The molecule has 0 saturated carbocycles. The Morgan fingerprint density at radius 1 is 1.46 bits per heavy atom. The monoisotopic (exact) mass is 328 g/mol. The molecule has 1 aliphatic rings. The van der Waals surface area contributed by atoms with Gasteiger partial charge in [-0.25, -0.2) is 0 Å². The first-order valence-corrected chi connectivity index (χ1v) is 7.71. The minimum absolute atomic E-state index is 0.204. The number of nitrogens with two attached hydrogens (primary N) is 1.